The first-order valence-corrected chi connectivity index (χ1v) is 11.9. The van der Waals surface area contributed by atoms with Crippen LogP contribution in [0.3, 0.4) is 0 Å². The Morgan fingerprint density at radius 1 is 1.15 bits per heavy atom. The first-order chi connectivity index (χ1) is 16.5. The summed E-state index contributed by atoms with van der Waals surface area (Å²) in [5, 5.41) is 2.73. The minimum atomic E-state index is -0.514. The van der Waals surface area contributed by atoms with E-state index >= 15 is 4.39 Å². The Morgan fingerprint density at radius 2 is 1.88 bits per heavy atom. The minimum Gasteiger partial charge on any atom is -0.497 e. The maximum absolute atomic E-state index is 15.1. The van der Waals surface area contributed by atoms with E-state index in [-0.39, 0.29) is 30.7 Å². The summed E-state index contributed by atoms with van der Waals surface area (Å²) in [5.74, 6) is 1.68. The van der Waals surface area contributed by atoms with Gasteiger partial charge in [0.2, 0.25) is 5.91 Å². The molecule has 2 aliphatic heterocycles. The van der Waals surface area contributed by atoms with E-state index in [2.05, 4.69) is 22.3 Å². The smallest absolute Gasteiger partial charge is 0.414 e. The molecule has 0 radical (unpaired) electrons. The molecule has 4 atom stereocenters. The van der Waals surface area contributed by atoms with Crippen LogP contribution in [0.25, 0.3) is 0 Å². The topological polar surface area (TPSA) is 71.1 Å². The molecule has 180 valence electrons. The third kappa shape index (κ3) is 4.46. The summed E-state index contributed by atoms with van der Waals surface area (Å²) >= 11 is 0. The van der Waals surface area contributed by atoms with Crippen molar-refractivity contribution in [1.29, 1.82) is 0 Å². The molecular formula is C26H30FN3O4. The largest absolute Gasteiger partial charge is 0.497 e. The first-order valence-electron chi connectivity index (χ1n) is 11.9. The number of anilines is 1. The summed E-state index contributed by atoms with van der Waals surface area (Å²) in [6, 6.07) is 13.2. The van der Waals surface area contributed by atoms with Crippen molar-refractivity contribution in [2.45, 2.75) is 31.9 Å². The Balaban J connectivity index is 1.16. The number of fused-ring (bicyclic) bond motifs is 1. The number of carbonyl (C=O) groups excluding carboxylic acids is 2. The highest BCUT2D eigenvalue weighted by Gasteiger charge is 2.56. The monoisotopic (exact) mass is 467 g/mol. The normalized spacial score (nSPS) is 25.7. The molecule has 7 nitrogen and oxygen atoms in total. The number of nitrogens with one attached hydrogen (secondary N) is 1. The summed E-state index contributed by atoms with van der Waals surface area (Å²) in [7, 11) is 1.66. The van der Waals surface area contributed by atoms with Gasteiger partial charge in [-0.15, -0.1) is 0 Å². The zero-order valence-corrected chi connectivity index (χ0v) is 19.5. The Hall–Kier alpha value is -3.13. The summed E-state index contributed by atoms with van der Waals surface area (Å²) in [5.41, 5.74) is 2.48. The zero-order valence-electron chi connectivity index (χ0n) is 19.5. The number of cyclic esters (lactones) is 1. The number of hydrogen-bond donors (Lipinski definition) is 1. The number of methoxy groups -OCH3 is 1. The summed E-state index contributed by atoms with van der Waals surface area (Å²) in [4.78, 5) is 27.6. The molecule has 2 aromatic carbocycles. The van der Waals surface area contributed by atoms with Gasteiger partial charge < -0.3 is 14.8 Å². The summed E-state index contributed by atoms with van der Waals surface area (Å²) in [6.45, 7) is 5.13. The minimum absolute atomic E-state index is 0.0950. The molecule has 0 bridgehead atoms. The number of carbonyl (C=O) groups is 2. The van der Waals surface area contributed by atoms with Crippen LogP contribution in [0.1, 0.15) is 30.4 Å². The molecule has 2 heterocycles. The van der Waals surface area contributed by atoms with Gasteiger partial charge in [-0.05, 0) is 53.1 Å². The second kappa shape index (κ2) is 9.25. The highest BCUT2D eigenvalue weighted by Crippen LogP contribution is 2.59. The van der Waals surface area contributed by atoms with E-state index in [0.717, 1.165) is 30.9 Å². The summed E-state index contributed by atoms with van der Waals surface area (Å²) < 4.78 is 25.6. The van der Waals surface area contributed by atoms with Gasteiger partial charge in [0.15, 0.2) is 0 Å². The van der Waals surface area contributed by atoms with Crippen LogP contribution < -0.4 is 15.0 Å². The maximum Gasteiger partial charge on any atom is 0.414 e. The zero-order chi connectivity index (χ0) is 23.8. The fourth-order valence-corrected chi connectivity index (χ4v) is 5.34. The molecule has 0 aromatic heterocycles. The van der Waals surface area contributed by atoms with Crippen LogP contribution in [0.15, 0.2) is 42.5 Å². The number of halogens is 1. The Bertz CT molecular complexity index is 1060. The quantitative estimate of drug-likeness (QED) is 0.643. The molecule has 1 saturated carbocycles. The standard InChI is InChI=1S/C26H30FN3O4/c1-3-24(31)28-11-19-13-30(26(32)34-19)17-6-9-20(23(27)10-17)25-21-14-29(15-22(21)25)12-16-4-7-18(33-2)8-5-16/h4-10,19,21-22,25H,3,11-15H2,1-2H3,(H,28,31)/t19-,21-,22+,25+/m0/s1. The van der Waals surface area contributed by atoms with Gasteiger partial charge in [0, 0.05) is 26.1 Å². The second-order valence-electron chi connectivity index (χ2n) is 9.38. The van der Waals surface area contributed by atoms with Crippen molar-refractivity contribution >= 4 is 17.7 Å². The van der Waals surface area contributed by atoms with Gasteiger partial charge in [-0.25, -0.2) is 9.18 Å². The number of amides is 2. The fourth-order valence-electron chi connectivity index (χ4n) is 5.34. The lowest BCUT2D eigenvalue weighted by Gasteiger charge is -2.20. The highest BCUT2D eigenvalue weighted by atomic mass is 19.1. The van der Waals surface area contributed by atoms with Crippen molar-refractivity contribution in [3.05, 3.63) is 59.4 Å². The lowest BCUT2D eigenvalue weighted by atomic mass is 10.0. The number of nitrogens with zero attached hydrogens (tertiary/aromatic N) is 2. The van der Waals surface area contributed by atoms with Crippen LogP contribution in [0, 0.1) is 17.7 Å². The van der Waals surface area contributed by atoms with Crippen molar-refractivity contribution in [3.8, 4) is 5.75 Å². The van der Waals surface area contributed by atoms with Crippen molar-refractivity contribution in [2.75, 3.05) is 38.2 Å². The molecule has 1 aliphatic carbocycles. The SMILES string of the molecule is CCC(=O)NC[C@H]1CN(c2ccc([C@H]3[C@@H]4CN(Cc5ccc(OC)cc5)C[C@@H]43)c(F)c2)C(=O)O1. The molecule has 34 heavy (non-hydrogen) atoms. The van der Waals surface area contributed by atoms with Gasteiger partial charge in [-0.1, -0.05) is 25.1 Å². The van der Waals surface area contributed by atoms with Gasteiger partial charge in [0.1, 0.15) is 17.7 Å². The fraction of sp³-hybridized carbons (Fsp3) is 0.462. The average Bonchev–Trinajstić information content (AvgIpc) is 3.15. The number of hydrogen-bond acceptors (Lipinski definition) is 5. The van der Waals surface area contributed by atoms with Gasteiger partial charge in [0.25, 0.3) is 0 Å². The van der Waals surface area contributed by atoms with E-state index in [1.807, 2.05) is 18.2 Å². The third-order valence-corrected chi connectivity index (χ3v) is 7.21. The van der Waals surface area contributed by atoms with Crippen LogP contribution in [-0.2, 0) is 16.1 Å². The Kier molecular flexibility index (Phi) is 6.16. The molecule has 8 heteroatoms. The number of ether oxygens (including phenoxy) is 2. The molecule has 3 fully saturated rings. The number of rotatable bonds is 8. The van der Waals surface area contributed by atoms with Gasteiger partial charge in [0.05, 0.1) is 25.9 Å². The van der Waals surface area contributed by atoms with E-state index in [1.54, 1.807) is 20.1 Å². The summed E-state index contributed by atoms with van der Waals surface area (Å²) in [6.07, 6.45) is -0.579. The third-order valence-electron chi connectivity index (χ3n) is 7.21. The van der Waals surface area contributed by atoms with E-state index in [0.29, 0.717) is 23.9 Å². The van der Waals surface area contributed by atoms with Gasteiger partial charge >= 0.3 is 6.09 Å². The average molecular weight is 468 g/mol. The van der Waals surface area contributed by atoms with E-state index < -0.39 is 12.2 Å². The number of likely N-dealkylation sites (tertiary alicyclic amines) is 1. The number of benzene rings is 2. The van der Waals surface area contributed by atoms with Crippen LogP contribution in [0.5, 0.6) is 5.75 Å². The van der Waals surface area contributed by atoms with Gasteiger partial charge in [-0.2, -0.15) is 0 Å². The van der Waals surface area contributed by atoms with E-state index in [9.17, 15) is 9.59 Å². The molecule has 5 rings (SSSR count). The van der Waals surface area contributed by atoms with Crippen molar-refractivity contribution in [3.63, 3.8) is 0 Å². The second-order valence-corrected chi connectivity index (χ2v) is 9.38. The van der Waals surface area contributed by atoms with Crippen molar-refractivity contribution in [2.24, 2.45) is 11.8 Å². The molecule has 0 spiro atoms. The lowest BCUT2D eigenvalue weighted by Crippen LogP contribution is -2.34. The predicted octanol–water partition coefficient (Wildman–Crippen LogP) is 3.53. The molecule has 2 aromatic rings. The van der Waals surface area contributed by atoms with Crippen molar-refractivity contribution in [1.82, 2.24) is 10.2 Å². The van der Waals surface area contributed by atoms with Crippen LogP contribution in [-0.4, -0.2) is 56.3 Å². The molecule has 2 saturated heterocycles. The van der Waals surface area contributed by atoms with Gasteiger partial charge in [-0.3, -0.25) is 14.6 Å². The lowest BCUT2D eigenvalue weighted by molar-refractivity contribution is -0.121. The highest BCUT2D eigenvalue weighted by molar-refractivity contribution is 5.90. The van der Waals surface area contributed by atoms with E-state index in [1.165, 1.54) is 16.5 Å². The maximum atomic E-state index is 15.1. The molecule has 2 amide bonds. The molecule has 0 unspecified atom stereocenters. The van der Waals surface area contributed by atoms with E-state index in [4.69, 9.17) is 9.47 Å². The first kappa shape index (κ1) is 22.7. The van der Waals surface area contributed by atoms with Crippen LogP contribution in [0.4, 0.5) is 14.9 Å². The van der Waals surface area contributed by atoms with Crippen LogP contribution in [0.2, 0.25) is 0 Å². The predicted molar refractivity (Wildman–Crippen MR) is 125 cm³/mol. The van der Waals surface area contributed by atoms with Crippen molar-refractivity contribution < 1.29 is 23.5 Å². The molecule has 1 N–H and O–H groups in total. The Labute approximate surface area is 198 Å². The number of piperidine rings is 1. The Morgan fingerprint density at radius 3 is 2.53 bits per heavy atom. The van der Waals surface area contributed by atoms with Crippen LogP contribution >= 0.6 is 0 Å². The molecular weight excluding hydrogens is 437 g/mol. The molecule has 3 aliphatic rings.